The Morgan fingerprint density at radius 2 is 2.11 bits per heavy atom. The van der Waals surface area contributed by atoms with Crippen molar-refractivity contribution in [3.63, 3.8) is 0 Å². The molecule has 0 unspecified atom stereocenters. The minimum atomic E-state index is -0.698. The van der Waals surface area contributed by atoms with E-state index in [2.05, 4.69) is 15.5 Å². The molecule has 1 amide bonds. The van der Waals surface area contributed by atoms with Gasteiger partial charge in [-0.05, 0) is 39.0 Å². The first kappa shape index (κ1) is 19.1. The Bertz CT molecular complexity index is 970. The van der Waals surface area contributed by atoms with Gasteiger partial charge in [0, 0.05) is 12.6 Å². The van der Waals surface area contributed by atoms with E-state index in [1.54, 1.807) is 13.2 Å². The van der Waals surface area contributed by atoms with Crippen molar-refractivity contribution >= 4 is 23.4 Å². The Morgan fingerprint density at radius 3 is 2.78 bits per heavy atom. The number of nitrogens with one attached hydrogen (secondary N) is 1. The molecule has 2 heterocycles. The Labute approximate surface area is 159 Å². The van der Waals surface area contributed by atoms with Crippen LogP contribution < -0.4 is 5.32 Å². The highest BCUT2D eigenvalue weighted by molar-refractivity contribution is 8.00. The van der Waals surface area contributed by atoms with E-state index >= 15 is 0 Å². The fraction of sp³-hybridized carbons (Fsp3) is 0.278. The lowest BCUT2D eigenvalue weighted by Crippen LogP contribution is -2.23. The lowest BCUT2D eigenvalue weighted by Gasteiger charge is -2.13. The van der Waals surface area contributed by atoms with Gasteiger partial charge in [-0.25, -0.2) is 8.78 Å². The summed E-state index contributed by atoms with van der Waals surface area (Å²) in [6.07, 6.45) is 1.58. The molecule has 3 aromatic rings. The van der Waals surface area contributed by atoms with Gasteiger partial charge in [-0.1, -0.05) is 11.8 Å². The van der Waals surface area contributed by atoms with Crippen LogP contribution in [0, 0.1) is 18.6 Å². The first-order valence-electron chi connectivity index (χ1n) is 8.31. The molecule has 0 spiro atoms. The van der Waals surface area contributed by atoms with Gasteiger partial charge in [0.05, 0.1) is 22.8 Å². The van der Waals surface area contributed by atoms with E-state index in [-0.39, 0.29) is 5.69 Å². The van der Waals surface area contributed by atoms with Gasteiger partial charge in [0.15, 0.2) is 11.0 Å². The number of halogens is 2. The fourth-order valence-corrected chi connectivity index (χ4v) is 3.43. The summed E-state index contributed by atoms with van der Waals surface area (Å²) in [7, 11) is 0. The summed E-state index contributed by atoms with van der Waals surface area (Å²) in [5, 5.41) is 10.7. The summed E-state index contributed by atoms with van der Waals surface area (Å²) >= 11 is 1.19. The third-order valence-corrected chi connectivity index (χ3v) is 5.05. The molecular formula is C18H18F2N4O2S. The van der Waals surface area contributed by atoms with Gasteiger partial charge < -0.3 is 14.3 Å². The van der Waals surface area contributed by atoms with Crippen LogP contribution >= 0.6 is 11.8 Å². The maximum Gasteiger partial charge on any atom is 0.237 e. The standard InChI is InChI=1S/C18H18F2N4O2S/c1-4-24-16(13-7-8-26-10(13)2)22-23-18(24)27-11(3)17(25)21-15-9-12(19)5-6-14(15)20/h5-9,11H,4H2,1-3H3,(H,21,25)/t11-/m1/s1. The lowest BCUT2D eigenvalue weighted by atomic mass is 10.2. The Hall–Kier alpha value is -2.68. The molecule has 6 nitrogen and oxygen atoms in total. The number of carbonyl (C=O) groups excluding carboxylic acids is 1. The van der Waals surface area contributed by atoms with Crippen molar-refractivity contribution in [3.05, 3.63) is 47.9 Å². The molecule has 0 saturated carbocycles. The second-order valence-electron chi connectivity index (χ2n) is 5.81. The lowest BCUT2D eigenvalue weighted by molar-refractivity contribution is -0.115. The van der Waals surface area contributed by atoms with Crippen molar-refractivity contribution in [1.82, 2.24) is 14.8 Å². The average molecular weight is 392 g/mol. The first-order valence-corrected chi connectivity index (χ1v) is 9.19. The normalized spacial score (nSPS) is 12.2. The predicted octanol–water partition coefficient (Wildman–Crippen LogP) is 4.26. The van der Waals surface area contributed by atoms with Crippen molar-refractivity contribution in [3.8, 4) is 11.4 Å². The van der Waals surface area contributed by atoms with Gasteiger partial charge in [0.2, 0.25) is 5.91 Å². The first-order chi connectivity index (χ1) is 12.9. The molecule has 0 bridgehead atoms. The summed E-state index contributed by atoms with van der Waals surface area (Å²) in [6, 6.07) is 4.71. The van der Waals surface area contributed by atoms with Crippen LogP contribution in [-0.4, -0.2) is 25.9 Å². The van der Waals surface area contributed by atoms with Crippen LogP contribution in [0.2, 0.25) is 0 Å². The number of aromatic nitrogens is 3. The summed E-state index contributed by atoms with van der Waals surface area (Å²) < 4.78 is 34.2. The van der Waals surface area contributed by atoms with E-state index in [4.69, 9.17) is 4.42 Å². The number of thioether (sulfide) groups is 1. The van der Waals surface area contributed by atoms with Gasteiger partial charge in [-0.15, -0.1) is 10.2 Å². The van der Waals surface area contributed by atoms with E-state index in [9.17, 15) is 13.6 Å². The SMILES string of the molecule is CCn1c(S[C@H](C)C(=O)Nc2cc(F)ccc2F)nnc1-c1ccoc1C. The molecule has 27 heavy (non-hydrogen) atoms. The number of hydrogen-bond donors (Lipinski definition) is 1. The van der Waals surface area contributed by atoms with Crippen LogP contribution in [0.1, 0.15) is 19.6 Å². The third kappa shape index (κ3) is 4.02. The van der Waals surface area contributed by atoms with Gasteiger partial charge in [-0.3, -0.25) is 4.79 Å². The van der Waals surface area contributed by atoms with Crippen LogP contribution in [-0.2, 0) is 11.3 Å². The minimum Gasteiger partial charge on any atom is -0.469 e. The van der Waals surface area contributed by atoms with Gasteiger partial charge in [0.25, 0.3) is 0 Å². The second kappa shape index (κ2) is 7.91. The molecule has 0 aliphatic rings. The molecule has 9 heteroatoms. The van der Waals surface area contributed by atoms with Gasteiger partial charge in [0.1, 0.15) is 17.4 Å². The Morgan fingerprint density at radius 1 is 1.33 bits per heavy atom. The summed E-state index contributed by atoms with van der Waals surface area (Å²) in [5.74, 6) is -0.415. The molecular weight excluding hydrogens is 374 g/mol. The Balaban J connectivity index is 1.77. The minimum absolute atomic E-state index is 0.195. The monoisotopic (exact) mass is 392 g/mol. The van der Waals surface area contributed by atoms with Crippen LogP contribution in [0.25, 0.3) is 11.4 Å². The molecule has 0 radical (unpaired) electrons. The average Bonchev–Trinajstić information content (AvgIpc) is 3.23. The van der Waals surface area contributed by atoms with Crippen molar-refractivity contribution in [2.75, 3.05) is 5.32 Å². The van der Waals surface area contributed by atoms with Gasteiger partial charge in [-0.2, -0.15) is 0 Å². The number of carbonyl (C=O) groups is 1. The Kier molecular flexibility index (Phi) is 5.59. The zero-order chi connectivity index (χ0) is 19.6. The number of hydrogen-bond acceptors (Lipinski definition) is 5. The van der Waals surface area contributed by atoms with Crippen LogP contribution in [0.15, 0.2) is 40.1 Å². The fourth-order valence-electron chi connectivity index (χ4n) is 2.52. The van der Waals surface area contributed by atoms with E-state index in [0.29, 0.717) is 17.5 Å². The number of aryl methyl sites for hydroxylation is 1. The molecule has 1 atom stereocenters. The number of anilines is 1. The highest BCUT2D eigenvalue weighted by Crippen LogP contribution is 2.29. The maximum absolute atomic E-state index is 13.7. The second-order valence-corrected chi connectivity index (χ2v) is 7.12. The molecule has 0 saturated heterocycles. The van der Waals surface area contributed by atoms with E-state index in [0.717, 1.165) is 29.5 Å². The summed E-state index contributed by atoms with van der Waals surface area (Å²) in [5.41, 5.74) is 0.634. The van der Waals surface area contributed by atoms with Crippen LogP contribution in [0.5, 0.6) is 0 Å². The largest absolute Gasteiger partial charge is 0.469 e. The summed E-state index contributed by atoms with van der Waals surface area (Å²) in [6.45, 7) is 6.04. The molecule has 0 fully saturated rings. The molecule has 1 N–H and O–H groups in total. The predicted molar refractivity (Wildman–Crippen MR) is 98.4 cm³/mol. The van der Waals surface area contributed by atoms with Crippen LogP contribution in [0.3, 0.4) is 0 Å². The van der Waals surface area contributed by atoms with Crippen molar-refractivity contribution in [2.45, 2.75) is 37.7 Å². The molecule has 0 aliphatic carbocycles. The molecule has 0 aliphatic heterocycles. The number of nitrogens with zero attached hydrogens (tertiary/aromatic N) is 3. The highest BCUT2D eigenvalue weighted by atomic mass is 32.2. The number of rotatable bonds is 6. The van der Waals surface area contributed by atoms with Crippen LogP contribution in [0.4, 0.5) is 14.5 Å². The number of amides is 1. The topological polar surface area (TPSA) is 73.0 Å². The van der Waals surface area contributed by atoms with Crippen molar-refractivity contribution in [2.24, 2.45) is 0 Å². The molecule has 2 aromatic heterocycles. The van der Waals surface area contributed by atoms with Gasteiger partial charge >= 0.3 is 0 Å². The van der Waals surface area contributed by atoms with E-state index in [1.807, 2.05) is 24.5 Å². The number of furan rings is 1. The number of benzene rings is 1. The smallest absolute Gasteiger partial charge is 0.237 e. The highest BCUT2D eigenvalue weighted by Gasteiger charge is 2.22. The molecule has 1 aromatic carbocycles. The van der Waals surface area contributed by atoms with Crippen molar-refractivity contribution in [1.29, 1.82) is 0 Å². The maximum atomic E-state index is 13.7. The zero-order valence-corrected chi connectivity index (χ0v) is 15.8. The molecule has 142 valence electrons. The van der Waals surface area contributed by atoms with Crippen molar-refractivity contribution < 1.29 is 18.0 Å². The zero-order valence-electron chi connectivity index (χ0n) is 15.0. The van der Waals surface area contributed by atoms with E-state index < -0.39 is 22.8 Å². The molecule has 3 rings (SSSR count). The quantitative estimate of drug-likeness (QED) is 0.635. The third-order valence-electron chi connectivity index (χ3n) is 3.97. The summed E-state index contributed by atoms with van der Waals surface area (Å²) in [4.78, 5) is 12.4. The van der Waals surface area contributed by atoms with E-state index in [1.165, 1.54) is 11.8 Å².